The Balaban J connectivity index is 1.76. The van der Waals surface area contributed by atoms with Gasteiger partial charge in [0.15, 0.2) is 0 Å². The molecule has 0 bridgehead atoms. The van der Waals surface area contributed by atoms with Crippen LogP contribution in [0, 0.1) is 0 Å². The molecule has 0 radical (unpaired) electrons. The number of nitrogens with zero attached hydrogens (tertiary/aromatic N) is 1. The summed E-state index contributed by atoms with van der Waals surface area (Å²) in [4.78, 5) is 39.7. The van der Waals surface area contributed by atoms with Crippen molar-refractivity contribution in [2.75, 3.05) is 6.61 Å². The Morgan fingerprint density at radius 2 is 1.54 bits per heavy atom. The first-order valence-corrected chi connectivity index (χ1v) is 13.7. The van der Waals surface area contributed by atoms with E-state index >= 15 is 0 Å². The van der Waals surface area contributed by atoms with Gasteiger partial charge in [-0.1, -0.05) is 84.9 Å². The first-order valence-electron chi connectivity index (χ1n) is 13.7. The largest absolute Gasteiger partial charge is 0.459 e. The molecule has 6 nitrogen and oxygen atoms in total. The van der Waals surface area contributed by atoms with E-state index in [2.05, 4.69) is 24.3 Å². The van der Waals surface area contributed by atoms with E-state index in [0.29, 0.717) is 0 Å². The van der Waals surface area contributed by atoms with Crippen LogP contribution in [0.5, 0.6) is 0 Å². The van der Waals surface area contributed by atoms with E-state index < -0.39 is 23.4 Å². The monoisotopic (exact) mass is 549 g/mol. The fourth-order valence-electron chi connectivity index (χ4n) is 4.56. The summed E-state index contributed by atoms with van der Waals surface area (Å²) < 4.78 is 10.5. The number of carbonyl (C=O) groups is 3. The van der Waals surface area contributed by atoms with Gasteiger partial charge in [-0.2, -0.15) is 0 Å². The molecule has 0 atom stereocenters. The van der Waals surface area contributed by atoms with Gasteiger partial charge in [-0.25, -0.2) is 9.59 Å². The van der Waals surface area contributed by atoms with Crippen molar-refractivity contribution in [2.45, 2.75) is 46.4 Å². The molecule has 210 valence electrons. The maximum Gasteiger partial charge on any atom is 0.397 e. The summed E-state index contributed by atoms with van der Waals surface area (Å²) in [5.41, 5.74) is 3.75. The van der Waals surface area contributed by atoms with Crippen LogP contribution in [0.2, 0.25) is 0 Å². The van der Waals surface area contributed by atoms with Crippen molar-refractivity contribution >= 4 is 34.7 Å². The molecule has 4 aromatic carbocycles. The fraction of sp³-hybridized carbons (Fsp3) is 0.229. The lowest BCUT2D eigenvalue weighted by atomic mass is 9.94. The lowest BCUT2D eigenvalue weighted by Gasteiger charge is -2.23. The van der Waals surface area contributed by atoms with Gasteiger partial charge in [0.1, 0.15) is 5.60 Å². The quantitative estimate of drug-likeness (QED) is 0.135. The number of amides is 1. The first-order chi connectivity index (χ1) is 19.6. The third-order valence-corrected chi connectivity index (χ3v) is 6.37. The van der Waals surface area contributed by atoms with Crippen molar-refractivity contribution in [3.63, 3.8) is 0 Å². The standard InChI is InChI=1S/C35H35NO5/c1-5-40-34(39)33(38)36(23-25-12-7-6-8-13-25)24-29-19-18-28(22-27(29)20-21-32(37)41-35(2,3)4)31-17-11-15-26-14-9-10-16-30(26)31/h6-22H,5,23-24H2,1-4H3/b21-20+. The van der Waals surface area contributed by atoms with E-state index in [0.717, 1.165) is 38.6 Å². The van der Waals surface area contributed by atoms with Crippen LogP contribution in [0.1, 0.15) is 44.4 Å². The van der Waals surface area contributed by atoms with Crippen LogP contribution in [-0.2, 0) is 36.9 Å². The number of rotatable bonds is 8. The summed E-state index contributed by atoms with van der Waals surface area (Å²) in [5.74, 6) is -2.10. The van der Waals surface area contributed by atoms with Crippen LogP contribution < -0.4 is 0 Å². The molecule has 0 saturated heterocycles. The fourth-order valence-corrected chi connectivity index (χ4v) is 4.56. The highest BCUT2D eigenvalue weighted by molar-refractivity contribution is 6.32. The second-order valence-electron chi connectivity index (χ2n) is 10.7. The van der Waals surface area contributed by atoms with Crippen molar-refractivity contribution in [1.29, 1.82) is 0 Å². The predicted octanol–water partition coefficient (Wildman–Crippen LogP) is 6.95. The minimum absolute atomic E-state index is 0.105. The maximum absolute atomic E-state index is 13.2. The normalized spacial score (nSPS) is 11.4. The Kier molecular flexibility index (Phi) is 9.35. The molecule has 4 rings (SSSR count). The van der Waals surface area contributed by atoms with Crippen LogP contribution >= 0.6 is 0 Å². The molecule has 0 N–H and O–H groups in total. The van der Waals surface area contributed by atoms with E-state index in [9.17, 15) is 14.4 Å². The van der Waals surface area contributed by atoms with E-state index in [1.807, 2.05) is 87.5 Å². The van der Waals surface area contributed by atoms with Crippen LogP contribution in [-0.4, -0.2) is 35.0 Å². The molecular formula is C35H35NO5. The van der Waals surface area contributed by atoms with Crippen LogP contribution in [0.15, 0.2) is 97.1 Å². The average Bonchev–Trinajstić information content (AvgIpc) is 2.95. The highest BCUT2D eigenvalue weighted by Crippen LogP contribution is 2.31. The number of hydrogen-bond acceptors (Lipinski definition) is 5. The molecule has 0 saturated carbocycles. The van der Waals surface area contributed by atoms with Gasteiger partial charge in [0.05, 0.1) is 6.61 Å². The molecule has 0 fully saturated rings. The highest BCUT2D eigenvalue weighted by atomic mass is 16.6. The Bertz CT molecular complexity index is 1560. The molecule has 0 spiro atoms. The summed E-state index contributed by atoms with van der Waals surface area (Å²) in [6, 6.07) is 29.7. The Morgan fingerprint density at radius 3 is 2.27 bits per heavy atom. The van der Waals surface area contributed by atoms with Crippen LogP contribution in [0.25, 0.3) is 28.0 Å². The molecule has 0 aliphatic heterocycles. The van der Waals surface area contributed by atoms with E-state index in [4.69, 9.17) is 9.47 Å². The van der Waals surface area contributed by atoms with Crippen molar-refractivity contribution in [3.8, 4) is 11.1 Å². The number of hydrogen-bond donors (Lipinski definition) is 0. The summed E-state index contributed by atoms with van der Waals surface area (Å²) in [6.07, 6.45) is 3.10. The lowest BCUT2D eigenvalue weighted by molar-refractivity contribution is -0.160. The van der Waals surface area contributed by atoms with Gasteiger partial charge in [-0.15, -0.1) is 0 Å². The minimum Gasteiger partial charge on any atom is -0.459 e. The Morgan fingerprint density at radius 1 is 0.829 bits per heavy atom. The van der Waals surface area contributed by atoms with Gasteiger partial charge >= 0.3 is 17.8 Å². The maximum atomic E-state index is 13.2. The van der Waals surface area contributed by atoms with Crippen molar-refractivity contribution in [1.82, 2.24) is 4.90 Å². The number of esters is 2. The number of carbonyl (C=O) groups excluding carboxylic acids is 3. The number of fused-ring (bicyclic) bond motifs is 1. The molecule has 41 heavy (non-hydrogen) atoms. The van der Waals surface area contributed by atoms with E-state index in [1.165, 1.54) is 11.0 Å². The summed E-state index contributed by atoms with van der Waals surface area (Å²) in [6.45, 7) is 7.57. The summed E-state index contributed by atoms with van der Waals surface area (Å²) in [7, 11) is 0. The number of benzene rings is 4. The lowest BCUT2D eigenvalue weighted by Crippen LogP contribution is -2.37. The average molecular weight is 550 g/mol. The Labute approximate surface area is 241 Å². The van der Waals surface area contributed by atoms with Gasteiger partial charge in [-0.3, -0.25) is 4.79 Å². The second-order valence-corrected chi connectivity index (χ2v) is 10.7. The van der Waals surface area contributed by atoms with Crippen molar-refractivity contribution in [3.05, 3.63) is 114 Å². The third-order valence-electron chi connectivity index (χ3n) is 6.37. The molecule has 0 aliphatic rings. The molecule has 0 heterocycles. The molecule has 0 unspecified atom stereocenters. The highest BCUT2D eigenvalue weighted by Gasteiger charge is 2.24. The zero-order chi connectivity index (χ0) is 29.4. The molecule has 4 aromatic rings. The van der Waals surface area contributed by atoms with Crippen LogP contribution in [0.4, 0.5) is 0 Å². The minimum atomic E-state index is -0.901. The van der Waals surface area contributed by atoms with Crippen molar-refractivity contribution in [2.24, 2.45) is 0 Å². The van der Waals surface area contributed by atoms with Crippen molar-refractivity contribution < 1.29 is 23.9 Å². The summed E-state index contributed by atoms with van der Waals surface area (Å²) >= 11 is 0. The molecule has 0 aliphatic carbocycles. The molecule has 1 amide bonds. The summed E-state index contributed by atoms with van der Waals surface area (Å²) in [5, 5.41) is 2.22. The van der Waals surface area contributed by atoms with Gasteiger partial charge in [-0.05, 0) is 78.4 Å². The van der Waals surface area contributed by atoms with E-state index in [1.54, 1.807) is 13.0 Å². The number of ether oxygens (including phenoxy) is 2. The molecular weight excluding hydrogens is 514 g/mol. The first kappa shape index (κ1) is 29.3. The van der Waals surface area contributed by atoms with Gasteiger partial charge in [0.25, 0.3) is 0 Å². The third kappa shape index (κ3) is 7.92. The zero-order valence-corrected chi connectivity index (χ0v) is 23.9. The van der Waals surface area contributed by atoms with Crippen LogP contribution in [0.3, 0.4) is 0 Å². The zero-order valence-electron chi connectivity index (χ0n) is 23.9. The van der Waals surface area contributed by atoms with Gasteiger partial charge in [0, 0.05) is 19.2 Å². The second kappa shape index (κ2) is 13.1. The van der Waals surface area contributed by atoms with Gasteiger partial charge in [0.2, 0.25) is 0 Å². The topological polar surface area (TPSA) is 72.9 Å². The smallest absolute Gasteiger partial charge is 0.397 e. The SMILES string of the molecule is CCOC(=O)C(=O)N(Cc1ccccc1)Cc1ccc(-c2cccc3ccccc23)cc1/C=C/C(=O)OC(C)(C)C. The molecule has 6 heteroatoms. The van der Waals surface area contributed by atoms with E-state index in [-0.39, 0.29) is 19.7 Å². The Hall–Kier alpha value is -4.71. The van der Waals surface area contributed by atoms with Gasteiger partial charge < -0.3 is 14.4 Å². The predicted molar refractivity (Wildman–Crippen MR) is 162 cm³/mol. The molecule has 0 aromatic heterocycles.